The Labute approximate surface area is 181 Å². The van der Waals surface area contributed by atoms with Gasteiger partial charge in [0, 0.05) is 0 Å². The molecular formula is C16H13Br2N3O3S3. The number of halogens is 2. The molecule has 3 rings (SSSR count). The predicted octanol–water partition coefficient (Wildman–Crippen LogP) is 4.26. The molecule has 2 aromatic heterocycles. The number of hydrogen-bond acceptors (Lipinski definition) is 6. The Hall–Kier alpha value is -1.11. The van der Waals surface area contributed by atoms with Crippen molar-refractivity contribution in [2.24, 2.45) is 0 Å². The maximum atomic E-state index is 12.7. The van der Waals surface area contributed by atoms with Crippen LogP contribution in [0.25, 0.3) is 0 Å². The van der Waals surface area contributed by atoms with E-state index >= 15 is 0 Å². The topological polar surface area (TPSA) is 88.2 Å². The molecule has 0 saturated heterocycles. The van der Waals surface area contributed by atoms with Gasteiger partial charge in [0.2, 0.25) is 5.91 Å². The predicted molar refractivity (Wildman–Crippen MR) is 115 cm³/mol. The lowest BCUT2D eigenvalue weighted by molar-refractivity contribution is -0.117. The number of aromatic nitrogens is 1. The second kappa shape index (κ2) is 8.93. The van der Waals surface area contributed by atoms with Gasteiger partial charge >= 0.3 is 0 Å². The second-order valence-corrected chi connectivity index (χ2v) is 12.2. The van der Waals surface area contributed by atoms with Gasteiger partial charge < -0.3 is 5.32 Å². The van der Waals surface area contributed by atoms with Crippen LogP contribution in [0.4, 0.5) is 5.13 Å². The largest absolute Gasteiger partial charge is 0.301 e. The SMILES string of the molecule is O=C(Nc1ncc(Br)s1)C(Cc1ccccc1)NS(=O)(=O)c1ccc(Br)s1. The molecule has 2 N–H and O–H groups in total. The van der Waals surface area contributed by atoms with Crippen LogP contribution in [0.5, 0.6) is 0 Å². The van der Waals surface area contributed by atoms with E-state index in [9.17, 15) is 13.2 Å². The first kappa shape index (κ1) is 20.6. The van der Waals surface area contributed by atoms with Gasteiger partial charge in [-0.3, -0.25) is 4.79 Å². The van der Waals surface area contributed by atoms with E-state index in [1.807, 2.05) is 30.3 Å². The van der Waals surface area contributed by atoms with Crippen LogP contribution in [-0.4, -0.2) is 25.4 Å². The minimum absolute atomic E-state index is 0.136. The average molecular weight is 551 g/mol. The first-order chi connectivity index (χ1) is 12.8. The molecule has 1 aromatic carbocycles. The van der Waals surface area contributed by atoms with Crippen molar-refractivity contribution < 1.29 is 13.2 Å². The van der Waals surface area contributed by atoms with Gasteiger partial charge in [0.05, 0.1) is 13.8 Å². The molecule has 6 nitrogen and oxygen atoms in total. The molecule has 0 bridgehead atoms. The fraction of sp³-hybridized carbons (Fsp3) is 0.125. The third kappa shape index (κ3) is 5.69. The Morgan fingerprint density at radius 2 is 1.81 bits per heavy atom. The Morgan fingerprint density at radius 3 is 2.41 bits per heavy atom. The molecule has 1 atom stereocenters. The lowest BCUT2D eigenvalue weighted by Gasteiger charge is -2.17. The molecule has 3 aromatic rings. The highest BCUT2D eigenvalue weighted by atomic mass is 79.9. The van der Waals surface area contributed by atoms with E-state index in [-0.39, 0.29) is 10.6 Å². The summed E-state index contributed by atoms with van der Waals surface area (Å²) in [5.74, 6) is -0.472. The first-order valence-corrected chi connectivity index (χ1v) is 12.3. The molecule has 0 aliphatic rings. The van der Waals surface area contributed by atoms with Crippen LogP contribution in [0.1, 0.15) is 5.56 Å². The number of rotatable bonds is 7. The van der Waals surface area contributed by atoms with Crippen LogP contribution in [0, 0.1) is 0 Å². The molecule has 1 amide bonds. The number of sulfonamides is 1. The second-order valence-electron chi connectivity index (χ2n) is 5.38. The Kier molecular flexibility index (Phi) is 6.82. The van der Waals surface area contributed by atoms with Gasteiger partial charge in [-0.15, -0.1) is 11.3 Å². The lowest BCUT2D eigenvalue weighted by Crippen LogP contribution is -2.45. The minimum Gasteiger partial charge on any atom is -0.301 e. The number of thiophene rings is 1. The lowest BCUT2D eigenvalue weighted by atomic mass is 10.1. The summed E-state index contributed by atoms with van der Waals surface area (Å²) in [6.07, 6.45) is 1.78. The van der Waals surface area contributed by atoms with Gasteiger partial charge in [0.15, 0.2) is 5.13 Å². The molecular weight excluding hydrogens is 538 g/mol. The number of anilines is 1. The van der Waals surface area contributed by atoms with Crippen LogP contribution in [0.2, 0.25) is 0 Å². The van der Waals surface area contributed by atoms with Crippen molar-refractivity contribution in [2.45, 2.75) is 16.7 Å². The average Bonchev–Trinajstić information content (AvgIpc) is 3.24. The molecule has 0 saturated carbocycles. The van der Waals surface area contributed by atoms with Crippen molar-refractivity contribution in [2.75, 3.05) is 5.32 Å². The number of carbonyl (C=O) groups is 1. The van der Waals surface area contributed by atoms with E-state index in [2.05, 4.69) is 46.9 Å². The van der Waals surface area contributed by atoms with E-state index in [4.69, 9.17) is 0 Å². The van der Waals surface area contributed by atoms with Crippen molar-refractivity contribution in [3.05, 3.63) is 61.8 Å². The number of benzene rings is 1. The summed E-state index contributed by atoms with van der Waals surface area (Å²) in [5.41, 5.74) is 0.841. The number of nitrogens with zero attached hydrogens (tertiary/aromatic N) is 1. The molecule has 0 fully saturated rings. The summed E-state index contributed by atoms with van der Waals surface area (Å²) < 4.78 is 29.5. The van der Waals surface area contributed by atoms with Crippen molar-refractivity contribution in [1.82, 2.24) is 9.71 Å². The maximum absolute atomic E-state index is 12.7. The Bertz CT molecular complexity index is 1040. The quantitative estimate of drug-likeness (QED) is 0.460. The maximum Gasteiger partial charge on any atom is 0.250 e. The third-order valence-corrected chi connectivity index (χ3v) is 8.40. The molecule has 0 radical (unpaired) electrons. The van der Waals surface area contributed by atoms with Gasteiger partial charge in [-0.25, -0.2) is 13.4 Å². The minimum atomic E-state index is -3.84. The van der Waals surface area contributed by atoms with Gasteiger partial charge in [0.1, 0.15) is 10.3 Å². The summed E-state index contributed by atoms with van der Waals surface area (Å²) >= 11 is 8.87. The van der Waals surface area contributed by atoms with Gasteiger partial charge in [-0.2, -0.15) is 4.72 Å². The van der Waals surface area contributed by atoms with E-state index in [0.29, 0.717) is 8.92 Å². The first-order valence-electron chi connectivity index (χ1n) is 7.57. The standard InChI is InChI=1S/C16H13Br2N3O3S3/c17-12-6-7-14(25-12)27(23,24)21-11(8-10-4-2-1-3-5-10)15(22)20-16-19-9-13(18)26-16/h1-7,9,11,21H,8H2,(H,19,20,22). The smallest absolute Gasteiger partial charge is 0.250 e. The molecule has 11 heteroatoms. The summed E-state index contributed by atoms with van der Waals surface area (Å²) in [6.45, 7) is 0. The number of amides is 1. The molecule has 142 valence electrons. The van der Waals surface area contributed by atoms with Gasteiger partial charge in [0.25, 0.3) is 10.0 Å². The number of thiazole rings is 1. The Balaban J connectivity index is 1.83. The summed E-state index contributed by atoms with van der Waals surface area (Å²) in [7, 11) is -3.84. The molecule has 1 unspecified atom stereocenters. The summed E-state index contributed by atoms with van der Waals surface area (Å²) in [4.78, 5) is 16.8. The highest BCUT2D eigenvalue weighted by molar-refractivity contribution is 9.11. The monoisotopic (exact) mass is 549 g/mol. The van der Waals surface area contributed by atoms with Crippen molar-refractivity contribution in [3.8, 4) is 0 Å². The van der Waals surface area contributed by atoms with Crippen LogP contribution >= 0.6 is 54.5 Å². The zero-order valence-electron chi connectivity index (χ0n) is 13.6. The van der Waals surface area contributed by atoms with Crippen molar-refractivity contribution in [3.63, 3.8) is 0 Å². The Morgan fingerprint density at radius 1 is 1.07 bits per heavy atom. The van der Waals surface area contributed by atoms with E-state index in [0.717, 1.165) is 20.7 Å². The molecule has 2 heterocycles. The van der Waals surface area contributed by atoms with Crippen LogP contribution < -0.4 is 10.0 Å². The zero-order chi connectivity index (χ0) is 19.4. The number of carbonyl (C=O) groups excluding carboxylic acids is 1. The highest BCUT2D eigenvalue weighted by Crippen LogP contribution is 2.27. The summed E-state index contributed by atoms with van der Waals surface area (Å²) in [6, 6.07) is 11.4. The molecule has 0 aliphatic heterocycles. The normalized spacial score (nSPS) is 12.7. The number of hydrogen-bond donors (Lipinski definition) is 2. The molecule has 0 aliphatic carbocycles. The fourth-order valence-electron chi connectivity index (χ4n) is 2.23. The summed E-state index contributed by atoms with van der Waals surface area (Å²) in [5, 5.41) is 3.06. The number of nitrogens with one attached hydrogen (secondary N) is 2. The van der Waals surface area contributed by atoms with Gasteiger partial charge in [-0.1, -0.05) is 41.7 Å². The zero-order valence-corrected chi connectivity index (χ0v) is 19.2. The molecule has 27 heavy (non-hydrogen) atoms. The fourth-order valence-corrected chi connectivity index (χ4v) is 6.56. The highest BCUT2D eigenvalue weighted by Gasteiger charge is 2.27. The van der Waals surface area contributed by atoms with Crippen LogP contribution in [0.3, 0.4) is 0 Å². The van der Waals surface area contributed by atoms with Crippen molar-refractivity contribution >= 4 is 75.6 Å². The van der Waals surface area contributed by atoms with Gasteiger partial charge in [-0.05, 0) is 56.0 Å². The van der Waals surface area contributed by atoms with Crippen LogP contribution in [0.15, 0.2) is 60.4 Å². The van der Waals surface area contributed by atoms with Crippen molar-refractivity contribution in [1.29, 1.82) is 0 Å². The third-order valence-electron chi connectivity index (χ3n) is 3.42. The van der Waals surface area contributed by atoms with E-state index in [1.165, 1.54) is 17.4 Å². The van der Waals surface area contributed by atoms with E-state index in [1.54, 1.807) is 12.3 Å². The van der Waals surface area contributed by atoms with Crippen LogP contribution in [-0.2, 0) is 21.2 Å². The van der Waals surface area contributed by atoms with E-state index < -0.39 is 22.0 Å². The molecule has 0 spiro atoms.